The Hall–Kier alpha value is -2.05. The van der Waals surface area contributed by atoms with E-state index in [-0.39, 0.29) is 31.6 Å². The fourth-order valence-electron chi connectivity index (χ4n) is 1.65. The molecule has 0 unspecified atom stereocenters. The van der Waals surface area contributed by atoms with Crippen LogP contribution in [0.1, 0.15) is 25.0 Å². The quantitative estimate of drug-likeness (QED) is 0.782. The Kier molecular flexibility index (Phi) is 3.81. The number of carbonyl (C=O) groups excluding carboxylic acids is 1. The van der Waals surface area contributed by atoms with E-state index < -0.39 is 5.97 Å². The van der Waals surface area contributed by atoms with Crippen molar-refractivity contribution in [2.75, 3.05) is 6.54 Å². The molecule has 0 bridgehead atoms. The van der Waals surface area contributed by atoms with Crippen LogP contribution in [0.25, 0.3) is 0 Å². The third-order valence-corrected chi connectivity index (χ3v) is 2.72. The molecule has 0 aliphatic heterocycles. The first-order valence-corrected chi connectivity index (χ1v) is 5.82. The molecule has 0 radical (unpaired) electrons. The van der Waals surface area contributed by atoms with Gasteiger partial charge in [-0.3, -0.25) is 4.79 Å². The maximum absolute atomic E-state index is 11.9. The van der Waals surface area contributed by atoms with Crippen molar-refractivity contribution in [1.29, 1.82) is 0 Å². The molecule has 18 heavy (non-hydrogen) atoms. The monoisotopic (exact) mass is 253 g/mol. The van der Waals surface area contributed by atoms with E-state index in [1.807, 2.05) is 0 Å². The molecule has 1 aromatic heterocycles. The van der Waals surface area contributed by atoms with Gasteiger partial charge in [0.1, 0.15) is 0 Å². The summed E-state index contributed by atoms with van der Waals surface area (Å²) in [6, 6.07) is 1.59. The van der Waals surface area contributed by atoms with Crippen LogP contribution in [0.4, 0.5) is 4.79 Å². The molecule has 2 N–H and O–H groups in total. The van der Waals surface area contributed by atoms with Gasteiger partial charge in [0.25, 0.3) is 0 Å². The van der Waals surface area contributed by atoms with Gasteiger partial charge in [-0.1, -0.05) is 5.16 Å². The Labute approximate surface area is 104 Å². The Morgan fingerprint density at radius 2 is 2.33 bits per heavy atom. The minimum Gasteiger partial charge on any atom is -0.481 e. The van der Waals surface area contributed by atoms with E-state index in [4.69, 9.17) is 9.63 Å². The number of aliphatic carboxylic acids is 1. The molecular formula is C11H15N3O4. The first-order valence-electron chi connectivity index (χ1n) is 5.82. The van der Waals surface area contributed by atoms with Gasteiger partial charge in [-0.05, 0) is 12.8 Å². The summed E-state index contributed by atoms with van der Waals surface area (Å²) in [6.07, 6.45) is 3.35. The fourth-order valence-corrected chi connectivity index (χ4v) is 1.65. The van der Waals surface area contributed by atoms with Crippen molar-refractivity contribution in [3.63, 3.8) is 0 Å². The van der Waals surface area contributed by atoms with Crippen molar-refractivity contribution in [3.05, 3.63) is 18.0 Å². The van der Waals surface area contributed by atoms with Crippen LogP contribution in [-0.2, 0) is 11.3 Å². The lowest BCUT2D eigenvalue weighted by Gasteiger charge is -2.21. The molecule has 7 nitrogen and oxygen atoms in total. The van der Waals surface area contributed by atoms with Gasteiger partial charge in [-0.2, -0.15) is 0 Å². The van der Waals surface area contributed by atoms with E-state index in [0.29, 0.717) is 5.76 Å². The highest BCUT2D eigenvalue weighted by Crippen LogP contribution is 2.26. The van der Waals surface area contributed by atoms with E-state index in [1.54, 1.807) is 11.0 Å². The molecule has 0 spiro atoms. The third-order valence-electron chi connectivity index (χ3n) is 2.72. The van der Waals surface area contributed by atoms with E-state index in [2.05, 4.69) is 10.5 Å². The minimum atomic E-state index is -0.899. The van der Waals surface area contributed by atoms with Crippen LogP contribution < -0.4 is 5.32 Å². The Morgan fingerprint density at radius 3 is 2.89 bits per heavy atom. The smallest absolute Gasteiger partial charge is 0.318 e. The Morgan fingerprint density at radius 1 is 1.56 bits per heavy atom. The summed E-state index contributed by atoms with van der Waals surface area (Å²) in [5, 5.41) is 14.9. The third kappa shape index (κ3) is 3.47. The van der Waals surface area contributed by atoms with E-state index >= 15 is 0 Å². The maximum atomic E-state index is 11.9. The van der Waals surface area contributed by atoms with Crippen molar-refractivity contribution < 1.29 is 19.2 Å². The molecule has 0 atom stereocenters. The van der Waals surface area contributed by atoms with Crippen molar-refractivity contribution in [2.24, 2.45) is 0 Å². The van der Waals surface area contributed by atoms with Gasteiger partial charge in [-0.25, -0.2) is 4.79 Å². The topological polar surface area (TPSA) is 95.7 Å². The number of nitrogens with zero attached hydrogens (tertiary/aromatic N) is 2. The predicted octanol–water partition coefficient (Wildman–Crippen LogP) is 0.823. The fraction of sp³-hybridized carbons (Fsp3) is 0.545. The molecule has 2 amide bonds. The minimum absolute atomic E-state index is 0.0355. The van der Waals surface area contributed by atoms with Gasteiger partial charge in [0.2, 0.25) is 0 Å². The summed E-state index contributed by atoms with van der Waals surface area (Å²) < 4.78 is 4.86. The first kappa shape index (κ1) is 12.4. The van der Waals surface area contributed by atoms with Crippen LogP contribution in [0.15, 0.2) is 16.8 Å². The van der Waals surface area contributed by atoms with E-state index in [9.17, 15) is 9.59 Å². The second-order valence-electron chi connectivity index (χ2n) is 4.21. The average Bonchev–Trinajstić information content (AvgIpc) is 3.03. The van der Waals surface area contributed by atoms with Gasteiger partial charge in [0.05, 0.1) is 19.2 Å². The summed E-state index contributed by atoms with van der Waals surface area (Å²) >= 11 is 0. The molecule has 2 rings (SSSR count). The number of carbonyl (C=O) groups is 2. The zero-order valence-corrected chi connectivity index (χ0v) is 9.83. The van der Waals surface area contributed by atoms with Gasteiger partial charge in [-0.15, -0.1) is 0 Å². The van der Waals surface area contributed by atoms with Gasteiger partial charge < -0.3 is 19.8 Å². The maximum Gasteiger partial charge on any atom is 0.318 e. The van der Waals surface area contributed by atoms with Crippen LogP contribution in [0, 0.1) is 0 Å². The normalized spacial score (nSPS) is 14.2. The van der Waals surface area contributed by atoms with Crippen LogP contribution >= 0.6 is 0 Å². The van der Waals surface area contributed by atoms with Gasteiger partial charge in [0, 0.05) is 18.7 Å². The molecule has 7 heteroatoms. The number of amides is 2. The van der Waals surface area contributed by atoms with Crippen LogP contribution in [-0.4, -0.2) is 39.8 Å². The highest BCUT2D eigenvalue weighted by atomic mass is 16.5. The highest BCUT2D eigenvalue weighted by molar-refractivity contribution is 5.75. The molecule has 1 heterocycles. The highest BCUT2D eigenvalue weighted by Gasteiger charge is 2.32. The number of urea groups is 1. The lowest BCUT2D eigenvalue weighted by Crippen LogP contribution is -2.42. The van der Waals surface area contributed by atoms with Crippen molar-refractivity contribution in [3.8, 4) is 0 Å². The Balaban J connectivity index is 1.81. The molecule has 0 saturated heterocycles. The molecule has 1 aliphatic carbocycles. The number of carboxylic acid groups (broad SMARTS) is 1. The summed E-state index contributed by atoms with van der Waals surface area (Å²) in [5.74, 6) is -0.332. The standard InChI is InChI=1S/C11H15N3O4/c15-10(16)4-6-14(8-1-2-8)11(17)12-7-9-3-5-13-18-9/h3,5,8H,1-2,4,6-7H2,(H,12,17)(H,15,16). The summed E-state index contributed by atoms with van der Waals surface area (Å²) in [5.41, 5.74) is 0. The average molecular weight is 253 g/mol. The first-order chi connectivity index (χ1) is 8.66. The van der Waals surface area contributed by atoms with E-state index in [0.717, 1.165) is 12.8 Å². The summed E-state index contributed by atoms with van der Waals surface area (Å²) in [7, 11) is 0. The zero-order valence-electron chi connectivity index (χ0n) is 9.83. The second kappa shape index (κ2) is 5.52. The number of hydrogen-bond donors (Lipinski definition) is 2. The van der Waals surface area contributed by atoms with E-state index in [1.165, 1.54) is 6.20 Å². The van der Waals surface area contributed by atoms with Crippen molar-refractivity contribution in [1.82, 2.24) is 15.4 Å². The lowest BCUT2D eigenvalue weighted by atomic mass is 10.4. The molecule has 1 aliphatic rings. The number of carboxylic acids is 1. The zero-order chi connectivity index (χ0) is 13.0. The van der Waals surface area contributed by atoms with Crippen LogP contribution in [0.5, 0.6) is 0 Å². The molecule has 1 saturated carbocycles. The SMILES string of the molecule is O=C(O)CCN(C(=O)NCc1ccno1)C1CC1. The van der Waals surface area contributed by atoms with Crippen LogP contribution in [0.2, 0.25) is 0 Å². The lowest BCUT2D eigenvalue weighted by molar-refractivity contribution is -0.137. The van der Waals surface area contributed by atoms with Gasteiger partial charge >= 0.3 is 12.0 Å². The van der Waals surface area contributed by atoms with Crippen molar-refractivity contribution >= 4 is 12.0 Å². The Bertz CT molecular complexity index is 414. The molecule has 98 valence electrons. The number of nitrogens with one attached hydrogen (secondary N) is 1. The van der Waals surface area contributed by atoms with Crippen LogP contribution in [0.3, 0.4) is 0 Å². The number of rotatable bonds is 6. The number of aromatic nitrogens is 1. The molecule has 1 fully saturated rings. The van der Waals surface area contributed by atoms with Gasteiger partial charge in [0.15, 0.2) is 5.76 Å². The largest absolute Gasteiger partial charge is 0.481 e. The molecule has 1 aromatic rings. The summed E-state index contributed by atoms with van der Waals surface area (Å²) in [6.45, 7) is 0.497. The molecule has 0 aromatic carbocycles. The predicted molar refractivity (Wildman–Crippen MR) is 60.7 cm³/mol. The summed E-state index contributed by atoms with van der Waals surface area (Å²) in [4.78, 5) is 24.0. The second-order valence-corrected chi connectivity index (χ2v) is 4.21. The number of hydrogen-bond acceptors (Lipinski definition) is 4. The molecular weight excluding hydrogens is 238 g/mol. The van der Waals surface area contributed by atoms with Crippen molar-refractivity contribution in [2.45, 2.75) is 31.8 Å².